The highest BCUT2D eigenvalue weighted by Gasteiger charge is 2.28. The Bertz CT molecular complexity index is 602. The highest BCUT2D eigenvalue weighted by atomic mass is 16.5. The number of hydrogen-bond donors (Lipinski definition) is 0. The minimum absolute atomic E-state index is 0.339. The summed E-state index contributed by atoms with van der Waals surface area (Å²) < 4.78 is 13.3. The van der Waals surface area contributed by atoms with Crippen LogP contribution in [0.4, 0.5) is 0 Å². The molecule has 3 heterocycles. The van der Waals surface area contributed by atoms with E-state index in [0.29, 0.717) is 5.92 Å². The summed E-state index contributed by atoms with van der Waals surface area (Å²) >= 11 is 0. The first-order chi connectivity index (χ1) is 10.2. The van der Waals surface area contributed by atoms with Crippen LogP contribution in [0.1, 0.15) is 35.6 Å². The third kappa shape index (κ3) is 3.19. The van der Waals surface area contributed by atoms with Crippen molar-refractivity contribution in [3.8, 4) is 0 Å². The van der Waals surface area contributed by atoms with Gasteiger partial charge in [0, 0.05) is 44.4 Å². The minimum Gasteiger partial charge on any atom is -0.465 e. The Kier molecular flexibility index (Phi) is 4.12. The fraction of sp³-hybridized carbons (Fsp3) is 0.562. The topological polar surface area (TPSA) is 43.4 Å². The van der Waals surface area contributed by atoms with E-state index in [-0.39, 0.29) is 0 Å². The summed E-state index contributed by atoms with van der Waals surface area (Å²) in [6.07, 6.45) is 2.12. The number of aryl methyl sites for hydroxylation is 2. The van der Waals surface area contributed by atoms with Crippen LogP contribution < -0.4 is 0 Å². The number of hydrogen-bond acceptors (Lipinski definition) is 4. The van der Waals surface area contributed by atoms with Crippen LogP contribution in [0.15, 0.2) is 22.7 Å². The Morgan fingerprint density at radius 1 is 1.43 bits per heavy atom. The standard InChI is InChI=1S/C16H23N3O2/c1-4-20-11-14-9-19(10-15-6-5-12(2)21-15)8-13-7-18(3)17-16(13)14/h5-7,14H,4,8-11H2,1-3H3/t14-/m1/s1. The molecule has 5 nitrogen and oxygen atoms in total. The number of nitrogens with zero attached hydrogens (tertiary/aromatic N) is 3. The Morgan fingerprint density at radius 3 is 3.00 bits per heavy atom. The molecule has 0 bridgehead atoms. The molecule has 2 aromatic heterocycles. The molecule has 0 aromatic carbocycles. The third-order valence-electron chi connectivity index (χ3n) is 3.89. The number of aromatic nitrogens is 2. The molecular formula is C16H23N3O2. The van der Waals surface area contributed by atoms with Crippen molar-refractivity contribution in [3.63, 3.8) is 0 Å². The van der Waals surface area contributed by atoms with Crippen LogP contribution in [0, 0.1) is 6.92 Å². The van der Waals surface area contributed by atoms with Crippen LogP contribution in [-0.4, -0.2) is 34.4 Å². The first kappa shape index (κ1) is 14.4. The number of ether oxygens (including phenoxy) is 1. The van der Waals surface area contributed by atoms with E-state index >= 15 is 0 Å². The minimum atomic E-state index is 0.339. The first-order valence-electron chi connectivity index (χ1n) is 7.53. The van der Waals surface area contributed by atoms with E-state index in [4.69, 9.17) is 9.15 Å². The molecule has 0 N–H and O–H groups in total. The number of rotatable bonds is 5. The van der Waals surface area contributed by atoms with Crippen molar-refractivity contribution in [1.82, 2.24) is 14.7 Å². The zero-order valence-corrected chi connectivity index (χ0v) is 13.0. The van der Waals surface area contributed by atoms with Gasteiger partial charge in [-0.05, 0) is 26.0 Å². The number of fused-ring (bicyclic) bond motifs is 1. The highest BCUT2D eigenvalue weighted by Crippen LogP contribution is 2.28. The van der Waals surface area contributed by atoms with E-state index in [2.05, 4.69) is 22.3 Å². The average Bonchev–Trinajstić information content (AvgIpc) is 3.01. The summed E-state index contributed by atoms with van der Waals surface area (Å²) in [5, 5.41) is 4.62. The van der Waals surface area contributed by atoms with Gasteiger partial charge in [-0.3, -0.25) is 9.58 Å². The van der Waals surface area contributed by atoms with Crippen LogP contribution in [0.5, 0.6) is 0 Å². The van der Waals surface area contributed by atoms with Crippen LogP contribution in [0.2, 0.25) is 0 Å². The van der Waals surface area contributed by atoms with Crippen molar-refractivity contribution in [2.45, 2.75) is 32.9 Å². The molecule has 0 radical (unpaired) electrons. The summed E-state index contributed by atoms with van der Waals surface area (Å²) in [4.78, 5) is 2.41. The maximum atomic E-state index is 5.70. The van der Waals surface area contributed by atoms with E-state index < -0.39 is 0 Å². The van der Waals surface area contributed by atoms with Gasteiger partial charge < -0.3 is 9.15 Å². The third-order valence-corrected chi connectivity index (χ3v) is 3.89. The number of furan rings is 1. The Hall–Kier alpha value is -1.59. The lowest BCUT2D eigenvalue weighted by atomic mass is 9.97. The molecule has 0 fully saturated rings. The van der Waals surface area contributed by atoms with Crippen LogP contribution in [0.3, 0.4) is 0 Å². The molecule has 0 aliphatic carbocycles. The highest BCUT2D eigenvalue weighted by molar-refractivity contribution is 5.24. The summed E-state index contributed by atoms with van der Waals surface area (Å²) in [7, 11) is 1.98. The largest absolute Gasteiger partial charge is 0.465 e. The molecule has 0 spiro atoms. The quantitative estimate of drug-likeness (QED) is 0.848. The maximum Gasteiger partial charge on any atom is 0.118 e. The Balaban J connectivity index is 1.76. The zero-order valence-electron chi connectivity index (χ0n) is 13.0. The average molecular weight is 289 g/mol. The Labute approximate surface area is 125 Å². The fourth-order valence-electron chi connectivity index (χ4n) is 3.03. The second-order valence-corrected chi connectivity index (χ2v) is 5.75. The van der Waals surface area contributed by atoms with E-state index in [9.17, 15) is 0 Å². The molecule has 0 unspecified atom stereocenters. The van der Waals surface area contributed by atoms with Crippen molar-refractivity contribution in [3.05, 3.63) is 41.1 Å². The molecule has 3 rings (SSSR count). The molecule has 2 aromatic rings. The van der Waals surface area contributed by atoms with Gasteiger partial charge in [0.1, 0.15) is 11.5 Å². The molecular weight excluding hydrogens is 266 g/mol. The lowest BCUT2D eigenvalue weighted by Crippen LogP contribution is -2.34. The van der Waals surface area contributed by atoms with Crippen molar-refractivity contribution in [1.29, 1.82) is 0 Å². The summed E-state index contributed by atoms with van der Waals surface area (Å²) in [5.41, 5.74) is 2.49. The van der Waals surface area contributed by atoms with Gasteiger partial charge in [-0.25, -0.2) is 0 Å². The van der Waals surface area contributed by atoms with Crippen molar-refractivity contribution in [2.24, 2.45) is 7.05 Å². The molecule has 0 saturated heterocycles. The van der Waals surface area contributed by atoms with Gasteiger partial charge in [-0.1, -0.05) is 0 Å². The fourth-order valence-corrected chi connectivity index (χ4v) is 3.03. The molecule has 5 heteroatoms. The van der Waals surface area contributed by atoms with E-state index in [1.807, 2.05) is 31.6 Å². The van der Waals surface area contributed by atoms with E-state index in [1.165, 1.54) is 11.3 Å². The molecule has 1 aliphatic rings. The van der Waals surface area contributed by atoms with Gasteiger partial charge in [0.2, 0.25) is 0 Å². The van der Waals surface area contributed by atoms with Crippen LogP contribution in [0.25, 0.3) is 0 Å². The summed E-state index contributed by atoms with van der Waals surface area (Å²) in [5.74, 6) is 2.33. The van der Waals surface area contributed by atoms with Gasteiger partial charge in [0.05, 0.1) is 18.8 Å². The van der Waals surface area contributed by atoms with Gasteiger partial charge >= 0.3 is 0 Å². The molecule has 0 saturated carbocycles. The van der Waals surface area contributed by atoms with Crippen LogP contribution >= 0.6 is 0 Å². The van der Waals surface area contributed by atoms with Gasteiger partial charge in [0.15, 0.2) is 0 Å². The lowest BCUT2D eigenvalue weighted by molar-refractivity contribution is 0.101. The molecule has 114 valence electrons. The van der Waals surface area contributed by atoms with Gasteiger partial charge in [0.25, 0.3) is 0 Å². The van der Waals surface area contributed by atoms with Crippen molar-refractivity contribution >= 4 is 0 Å². The molecule has 1 atom stereocenters. The predicted octanol–water partition coefficient (Wildman–Crippen LogP) is 2.46. The van der Waals surface area contributed by atoms with Crippen molar-refractivity contribution in [2.75, 3.05) is 19.8 Å². The second-order valence-electron chi connectivity index (χ2n) is 5.75. The maximum absolute atomic E-state index is 5.70. The van der Waals surface area contributed by atoms with Gasteiger partial charge in [-0.15, -0.1) is 0 Å². The molecule has 1 aliphatic heterocycles. The molecule has 0 amide bonds. The van der Waals surface area contributed by atoms with Gasteiger partial charge in [-0.2, -0.15) is 5.10 Å². The molecule has 21 heavy (non-hydrogen) atoms. The predicted molar refractivity (Wildman–Crippen MR) is 80.0 cm³/mol. The van der Waals surface area contributed by atoms with Crippen LogP contribution in [-0.2, 0) is 24.9 Å². The van der Waals surface area contributed by atoms with Crippen molar-refractivity contribution < 1.29 is 9.15 Å². The summed E-state index contributed by atoms with van der Waals surface area (Å²) in [6.45, 7) is 8.21. The normalized spacial score (nSPS) is 18.9. The Morgan fingerprint density at radius 2 is 2.29 bits per heavy atom. The lowest BCUT2D eigenvalue weighted by Gasteiger charge is -2.31. The smallest absolute Gasteiger partial charge is 0.118 e. The first-order valence-corrected chi connectivity index (χ1v) is 7.53. The monoisotopic (exact) mass is 289 g/mol. The zero-order chi connectivity index (χ0) is 14.8. The van der Waals surface area contributed by atoms with E-state index in [1.54, 1.807) is 0 Å². The summed E-state index contributed by atoms with van der Waals surface area (Å²) in [6, 6.07) is 4.08. The SMILES string of the molecule is CCOC[C@H]1CN(Cc2ccc(C)o2)Cc2cn(C)nc21. The second kappa shape index (κ2) is 6.03. The van der Waals surface area contributed by atoms with E-state index in [0.717, 1.165) is 44.4 Å².